The normalized spacial score (nSPS) is 14.2. The molecule has 0 heterocycles. The number of rotatable bonds is 5. The van der Waals surface area contributed by atoms with Crippen LogP contribution in [0.3, 0.4) is 0 Å². The van der Waals surface area contributed by atoms with Crippen molar-refractivity contribution in [1.29, 1.82) is 0 Å². The summed E-state index contributed by atoms with van der Waals surface area (Å²) >= 11 is 0. The zero-order valence-corrected chi connectivity index (χ0v) is 32.8. The summed E-state index contributed by atoms with van der Waals surface area (Å²) < 4.78 is 0. The summed E-state index contributed by atoms with van der Waals surface area (Å²) in [7, 11) is 0. The van der Waals surface area contributed by atoms with Crippen molar-refractivity contribution < 1.29 is 0 Å². The van der Waals surface area contributed by atoms with Crippen LogP contribution in [-0.4, -0.2) is 0 Å². The molecule has 11 rings (SSSR count). The van der Waals surface area contributed by atoms with Crippen LogP contribution >= 0.6 is 0 Å². The first-order valence-corrected chi connectivity index (χ1v) is 20.2. The van der Waals surface area contributed by atoms with Gasteiger partial charge in [0, 0.05) is 27.9 Å². The molecule has 272 valence electrons. The molecule has 0 atom stereocenters. The van der Waals surface area contributed by atoms with E-state index in [4.69, 9.17) is 0 Å². The molecule has 9 aromatic carbocycles. The molecule has 0 saturated heterocycles. The summed E-state index contributed by atoms with van der Waals surface area (Å²) in [6.07, 6.45) is 0. The van der Waals surface area contributed by atoms with Gasteiger partial charge < -0.3 is 4.90 Å². The Morgan fingerprint density at radius 3 is 1.67 bits per heavy atom. The zero-order valence-electron chi connectivity index (χ0n) is 32.8. The van der Waals surface area contributed by atoms with Gasteiger partial charge in [0.15, 0.2) is 0 Å². The zero-order chi connectivity index (χ0) is 38.5. The quantitative estimate of drug-likeness (QED) is 0.159. The van der Waals surface area contributed by atoms with E-state index in [1.54, 1.807) is 0 Å². The molecule has 2 aliphatic rings. The summed E-state index contributed by atoms with van der Waals surface area (Å²) in [5.41, 5.74) is 19.1. The maximum atomic E-state index is 2.45. The van der Waals surface area contributed by atoms with Gasteiger partial charge >= 0.3 is 0 Å². The Kier molecular flexibility index (Phi) is 7.32. The molecule has 0 aliphatic heterocycles. The van der Waals surface area contributed by atoms with Crippen molar-refractivity contribution in [3.63, 3.8) is 0 Å². The van der Waals surface area contributed by atoms with Gasteiger partial charge in [-0.2, -0.15) is 0 Å². The molecular formula is C56H43N. The van der Waals surface area contributed by atoms with Crippen LogP contribution in [0.2, 0.25) is 0 Å². The van der Waals surface area contributed by atoms with Gasteiger partial charge in [0.2, 0.25) is 0 Å². The lowest BCUT2D eigenvalue weighted by atomic mass is 9.79. The Hall–Kier alpha value is -6.70. The van der Waals surface area contributed by atoms with Crippen molar-refractivity contribution in [3.05, 3.63) is 210 Å². The summed E-state index contributed by atoms with van der Waals surface area (Å²) in [5.74, 6) is 0. The van der Waals surface area contributed by atoms with Gasteiger partial charge in [-0.3, -0.25) is 0 Å². The van der Waals surface area contributed by atoms with Gasteiger partial charge in [0.1, 0.15) is 0 Å². The standard InChI is InChI=1S/C56H43N/c1-55(2)51-25-11-9-21-46(51)48-32-31-41(35-53(48)55)57(39-29-27-36(28-30-39)50-34-38-15-5-6-18-42(38)44-19-7-8-20-45(44)50)40-17-13-16-37(33-40)43-23-14-24-49-47-22-10-12-26-52(47)56(3,4)54(43)49/h5-35H,1-4H3. The smallest absolute Gasteiger partial charge is 0.0467 e. The summed E-state index contributed by atoms with van der Waals surface area (Å²) in [6, 6.07) is 70.0. The fraction of sp³-hybridized carbons (Fsp3) is 0.107. The predicted molar refractivity (Wildman–Crippen MR) is 242 cm³/mol. The average Bonchev–Trinajstić information content (AvgIpc) is 3.63. The highest BCUT2D eigenvalue weighted by molar-refractivity contribution is 6.13. The van der Waals surface area contributed by atoms with E-state index >= 15 is 0 Å². The monoisotopic (exact) mass is 729 g/mol. The third-order valence-corrected chi connectivity index (χ3v) is 13.0. The molecule has 0 N–H and O–H groups in total. The number of nitrogens with zero attached hydrogens (tertiary/aromatic N) is 1. The highest BCUT2D eigenvalue weighted by Gasteiger charge is 2.38. The minimum Gasteiger partial charge on any atom is -0.310 e. The van der Waals surface area contributed by atoms with E-state index in [0.717, 1.165) is 17.1 Å². The molecule has 0 amide bonds. The van der Waals surface area contributed by atoms with Crippen LogP contribution in [0.5, 0.6) is 0 Å². The molecule has 0 bridgehead atoms. The lowest BCUT2D eigenvalue weighted by Gasteiger charge is -2.29. The topological polar surface area (TPSA) is 3.24 Å². The third-order valence-electron chi connectivity index (χ3n) is 13.0. The van der Waals surface area contributed by atoms with Crippen LogP contribution in [0.1, 0.15) is 49.9 Å². The fourth-order valence-electron chi connectivity index (χ4n) is 10.3. The van der Waals surface area contributed by atoms with Crippen molar-refractivity contribution >= 4 is 38.6 Å². The SMILES string of the molecule is CC1(C)c2ccccc2-c2ccc(N(c3ccc(-c4cc5ccccc5c5ccccc45)cc3)c3cccc(-c4cccc5c4C(C)(C)c4ccccc4-5)c3)cc21. The highest BCUT2D eigenvalue weighted by Crippen LogP contribution is 2.53. The largest absolute Gasteiger partial charge is 0.310 e. The van der Waals surface area contributed by atoms with Gasteiger partial charge in [0.25, 0.3) is 0 Å². The van der Waals surface area contributed by atoms with E-state index in [-0.39, 0.29) is 10.8 Å². The lowest BCUT2D eigenvalue weighted by Crippen LogP contribution is -2.17. The van der Waals surface area contributed by atoms with Gasteiger partial charge in [-0.15, -0.1) is 0 Å². The number of fused-ring (bicyclic) bond motifs is 9. The van der Waals surface area contributed by atoms with E-state index in [9.17, 15) is 0 Å². The van der Waals surface area contributed by atoms with E-state index in [0.29, 0.717) is 0 Å². The first-order valence-electron chi connectivity index (χ1n) is 20.2. The summed E-state index contributed by atoms with van der Waals surface area (Å²) in [5, 5.41) is 5.11. The van der Waals surface area contributed by atoms with Crippen LogP contribution in [0.15, 0.2) is 188 Å². The van der Waals surface area contributed by atoms with Crippen molar-refractivity contribution in [2.45, 2.75) is 38.5 Å². The molecule has 9 aromatic rings. The molecule has 57 heavy (non-hydrogen) atoms. The van der Waals surface area contributed by atoms with Crippen molar-refractivity contribution in [2.75, 3.05) is 4.90 Å². The van der Waals surface area contributed by atoms with Crippen LogP contribution in [0, 0.1) is 0 Å². The second-order valence-corrected chi connectivity index (χ2v) is 16.9. The Morgan fingerprint density at radius 1 is 0.316 bits per heavy atom. The molecule has 0 unspecified atom stereocenters. The maximum absolute atomic E-state index is 2.45. The van der Waals surface area contributed by atoms with Crippen LogP contribution < -0.4 is 4.90 Å². The van der Waals surface area contributed by atoms with E-state index in [2.05, 4.69) is 221 Å². The maximum Gasteiger partial charge on any atom is 0.0467 e. The number of anilines is 3. The number of hydrogen-bond donors (Lipinski definition) is 0. The summed E-state index contributed by atoms with van der Waals surface area (Å²) in [6.45, 7) is 9.49. The van der Waals surface area contributed by atoms with Crippen molar-refractivity contribution in [2.24, 2.45) is 0 Å². The predicted octanol–water partition coefficient (Wildman–Crippen LogP) is 15.4. The Bertz CT molecular complexity index is 3070. The first kappa shape index (κ1) is 33.6. The first-order chi connectivity index (χ1) is 27.8. The highest BCUT2D eigenvalue weighted by atomic mass is 15.1. The summed E-state index contributed by atoms with van der Waals surface area (Å²) in [4.78, 5) is 2.45. The molecule has 1 nitrogen and oxygen atoms in total. The van der Waals surface area contributed by atoms with Crippen LogP contribution in [0.4, 0.5) is 17.1 Å². The van der Waals surface area contributed by atoms with Gasteiger partial charge in [-0.25, -0.2) is 0 Å². The van der Waals surface area contributed by atoms with Gasteiger partial charge in [-0.1, -0.05) is 173 Å². The second-order valence-electron chi connectivity index (χ2n) is 16.9. The van der Waals surface area contributed by atoms with E-state index in [1.165, 1.54) is 88.3 Å². The Labute approximate surface area is 335 Å². The minimum absolute atomic E-state index is 0.109. The Balaban J connectivity index is 1.08. The fourth-order valence-corrected chi connectivity index (χ4v) is 10.3. The number of hydrogen-bond acceptors (Lipinski definition) is 1. The molecule has 0 spiro atoms. The molecule has 0 fully saturated rings. The molecular weight excluding hydrogens is 687 g/mol. The third kappa shape index (κ3) is 5.02. The van der Waals surface area contributed by atoms with E-state index < -0.39 is 0 Å². The Morgan fingerprint density at radius 2 is 0.877 bits per heavy atom. The van der Waals surface area contributed by atoms with Crippen molar-refractivity contribution in [1.82, 2.24) is 0 Å². The van der Waals surface area contributed by atoms with E-state index in [1.807, 2.05) is 0 Å². The second kappa shape index (κ2) is 12.4. The minimum atomic E-state index is -0.110. The van der Waals surface area contributed by atoms with Gasteiger partial charge in [0.05, 0.1) is 0 Å². The molecule has 2 aliphatic carbocycles. The molecule has 0 radical (unpaired) electrons. The van der Waals surface area contributed by atoms with Crippen LogP contribution in [0.25, 0.3) is 66.1 Å². The van der Waals surface area contributed by atoms with Crippen LogP contribution in [-0.2, 0) is 10.8 Å². The average molecular weight is 730 g/mol. The molecule has 1 heteroatoms. The van der Waals surface area contributed by atoms with Crippen molar-refractivity contribution in [3.8, 4) is 44.5 Å². The van der Waals surface area contributed by atoms with Gasteiger partial charge in [-0.05, 0) is 131 Å². The molecule has 0 saturated carbocycles. The number of benzene rings is 9. The lowest BCUT2D eigenvalue weighted by molar-refractivity contribution is 0.660. The molecule has 0 aromatic heterocycles.